The molecule has 0 aromatic heterocycles. The highest BCUT2D eigenvalue weighted by atomic mass is 32.2. The Kier molecular flexibility index (Phi) is 4.29. The normalized spacial score (nSPS) is 19.5. The van der Waals surface area contributed by atoms with Crippen molar-refractivity contribution in [3.8, 4) is 0 Å². The standard InChI is InChI=1S/C17H20N2O2S/c1-13-8-9-18-11-16(13)12-19-22(20,21)17-7-6-14-4-2-3-5-15(14)10-17/h2-7,10,16,18-19H,1,8-9,11-12H2/t16-/m0/s1. The molecule has 0 spiro atoms. The minimum atomic E-state index is -3.49. The first-order chi connectivity index (χ1) is 10.6. The summed E-state index contributed by atoms with van der Waals surface area (Å²) >= 11 is 0. The Balaban J connectivity index is 1.77. The number of hydrogen-bond acceptors (Lipinski definition) is 3. The highest BCUT2D eigenvalue weighted by Gasteiger charge is 2.21. The fourth-order valence-electron chi connectivity index (χ4n) is 2.72. The summed E-state index contributed by atoms with van der Waals surface area (Å²) in [6.07, 6.45) is 0.905. The van der Waals surface area contributed by atoms with E-state index in [2.05, 4.69) is 16.6 Å². The maximum atomic E-state index is 12.5. The van der Waals surface area contributed by atoms with Crippen LogP contribution in [0.1, 0.15) is 6.42 Å². The van der Waals surface area contributed by atoms with Gasteiger partial charge in [0, 0.05) is 19.0 Å². The summed E-state index contributed by atoms with van der Waals surface area (Å²) in [5.74, 6) is 0.156. The van der Waals surface area contributed by atoms with Gasteiger partial charge in [-0.05, 0) is 35.9 Å². The summed E-state index contributed by atoms with van der Waals surface area (Å²) in [5, 5.41) is 5.23. The molecule has 0 aliphatic carbocycles. The van der Waals surface area contributed by atoms with Gasteiger partial charge in [0.2, 0.25) is 10.0 Å². The third-order valence-electron chi connectivity index (χ3n) is 4.14. The van der Waals surface area contributed by atoms with Gasteiger partial charge in [0.05, 0.1) is 4.90 Å². The first kappa shape index (κ1) is 15.2. The van der Waals surface area contributed by atoms with Gasteiger partial charge in [-0.15, -0.1) is 0 Å². The van der Waals surface area contributed by atoms with Crippen LogP contribution in [0.5, 0.6) is 0 Å². The van der Waals surface area contributed by atoms with Gasteiger partial charge in [0.15, 0.2) is 0 Å². The van der Waals surface area contributed by atoms with E-state index in [0.717, 1.165) is 35.9 Å². The molecule has 1 fully saturated rings. The van der Waals surface area contributed by atoms with Crippen LogP contribution in [0.15, 0.2) is 59.5 Å². The zero-order valence-electron chi connectivity index (χ0n) is 12.4. The molecule has 1 aliphatic heterocycles. The predicted octanol–water partition coefficient (Wildman–Crippen LogP) is 2.28. The monoisotopic (exact) mass is 316 g/mol. The molecule has 1 heterocycles. The summed E-state index contributed by atoms with van der Waals surface area (Å²) in [7, 11) is -3.49. The number of benzene rings is 2. The molecular weight excluding hydrogens is 296 g/mol. The van der Waals surface area contributed by atoms with Gasteiger partial charge in [-0.1, -0.05) is 42.5 Å². The fraction of sp³-hybridized carbons (Fsp3) is 0.294. The molecule has 2 aromatic carbocycles. The maximum Gasteiger partial charge on any atom is 0.240 e. The van der Waals surface area contributed by atoms with Crippen molar-refractivity contribution in [3.63, 3.8) is 0 Å². The van der Waals surface area contributed by atoms with E-state index in [1.54, 1.807) is 12.1 Å². The molecule has 4 nitrogen and oxygen atoms in total. The van der Waals surface area contributed by atoms with Gasteiger partial charge < -0.3 is 5.32 Å². The molecule has 0 amide bonds. The fourth-order valence-corrected chi connectivity index (χ4v) is 3.83. The van der Waals surface area contributed by atoms with Gasteiger partial charge in [-0.2, -0.15) is 0 Å². The lowest BCUT2D eigenvalue weighted by molar-refractivity contribution is 0.465. The molecule has 0 bridgehead atoms. The van der Waals surface area contributed by atoms with Crippen molar-refractivity contribution in [1.29, 1.82) is 0 Å². The van der Waals surface area contributed by atoms with E-state index in [0.29, 0.717) is 11.4 Å². The number of sulfonamides is 1. The van der Waals surface area contributed by atoms with E-state index in [9.17, 15) is 8.42 Å². The minimum absolute atomic E-state index is 0.156. The highest BCUT2D eigenvalue weighted by molar-refractivity contribution is 7.89. The Morgan fingerprint density at radius 2 is 1.95 bits per heavy atom. The average molecular weight is 316 g/mol. The van der Waals surface area contributed by atoms with Crippen LogP contribution >= 0.6 is 0 Å². The summed E-state index contributed by atoms with van der Waals surface area (Å²) < 4.78 is 27.6. The smallest absolute Gasteiger partial charge is 0.240 e. The molecule has 5 heteroatoms. The molecule has 0 unspecified atom stereocenters. The Hall–Kier alpha value is -1.69. The van der Waals surface area contributed by atoms with Crippen LogP contribution in [0.3, 0.4) is 0 Å². The molecule has 2 aromatic rings. The molecule has 116 valence electrons. The number of piperidine rings is 1. The van der Waals surface area contributed by atoms with Gasteiger partial charge in [-0.25, -0.2) is 13.1 Å². The third kappa shape index (κ3) is 3.21. The molecule has 1 aliphatic rings. The number of fused-ring (bicyclic) bond motifs is 1. The summed E-state index contributed by atoms with van der Waals surface area (Å²) in [5.41, 5.74) is 1.11. The second kappa shape index (κ2) is 6.20. The number of hydrogen-bond donors (Lipinski definition) is 2. The number of rotatable bonds is 4. The first-order valence-electron chi connectivity index (χ1n) is 7.43. The van der Waals surface area contributed by atoms with Crippen molar-refractivity contribution in [2.75, 3.05) is 19.6 Å². The van der Waals surface area contributed by atoms with Gasteiger partial charge in [0.25, 0.3) is 0 Å². The van der Waals surface area contributed by atoms with E-state index in [1.165, 1.54) is 0 Å². The Labute approximate surface area is 131 Å². The van der Waals surface area contributed by atoms with Gasteiger partial charge in [0.1, 0.15) is 0 Å². The van der Waals surface area contributed by atoms with Crippen LogP contribution in [0.4, 0.5) is 0 Å². The van der Waals surface area contributed by atoms with Crippen LogP contribution in [0.2, 0.25) is 0 Å². The van der Waals surface area contributed by atoms with Gasteiger partial charge >= 0.3 is 0 Å². The SMILES string of the molecule is C=C1CCNC[C@H]1CNS(=O)(=O)c1ccc2ccccc2c1. The van der Waals surface area contributed by atoms with Crippen LogP contribution in [-0.2, 0) is 10.0 Å². The Morgan fingerprint density at radius 3 is 2.73 bits per heavy atom. The third-order valence-corrected chi connectivity index (χ3v) is 5.56. The van der Waals surface area contributed by atoms with E-state index in [-0.39, 0.29) is 5.92 Å². The first-order valence-corrected chi connectivity index (χ1v) is 8.91. The molecule has 3 rings (SSSR count). The summed E-state index contributed by atoms with van der Waals surface area (Å²) in [6.45, 7) is 6.13. The Morgan fingerprint density at radius 1 is 1.18 bits per heavy atom. The van der Waals surface area contributed by atoms with E-state index < -0.39 is 10.0 Å². The second-order valence-corrected chi connectivity index (χ2v) is 7.44. The minimum Gasteiger partial charge on any atom is -0.316 e. The van der Waals surface area contributed by atoms with Crippen molar-refractivity contribution in [1.82, 2.24) is 10.0 Å². The summed E-state index contributed by atoms with van der Waals surface area (Å²) in [6, 6.07) is 12.9. The van der Waals surface area contributed by atoms with Crippen molar-refractivity contribution < 1.29 is 8.42 Å². The average Bonchev–Trinajstić information content (AvgIpc) is 2.54. The number of nitrogens with one attached hydrogen (secondary N) is 2. The van der Waals surface area contributed by atoms with Crippen molar-refractivity contribution in [2.24, 2.45) is 5.92 Å². The molecular formula is C17H20N2O2S. The van der Waals surface area contributed by atoms with Crippen molar-refractivity contribution in [3.05, 3.63) is 54.6 Å². The second-order valence-electron chi connectivity index (χ2n) is 5.67. The molecule has 1 atom stereocenters. The topological polar surface area (TPSA) is 58.2 Å². The van der Waals surface area contributed by atoms with Crippen LogP contribution in [0.25, 0.3) is 10.8 Å². The van der Waals surface area contributed by atoms with Crippen molar-refractivity contribution in [2.45, 2.75) is 11.3 Å². The predicted molar refractivity (Wildman–Crippen MR) is 89.3 cm³/mol. The maximum absolute atomic E-state index is 12.5. The zero-order valence-corrected chi connectivity index (χ0v) is 13.2. The van der Waals surface area contributed by atoms with E-state index in [4.69, 9.17) is 0 Å². The highest BCUT2D eigenvalue weighted by Crippen LogP contribution is 2.20. The lowest BCUT2D eigenvalue weighted by Gasteiger charge is -2.25. The Bertz CT molecular complexity index is 799. The largest absolute Gasteiger partial charge is 0.316 e. The molecule has 2 N–H and O–H groups in total. The summed E-state index contributed by atoms with van der Waals surface area (Å²) in [4.78, 5) is 0.306. The lowest BCUT2D eigenvalue weighted by atomic mass is 9.95. The zero-order chi connectivity index (χ0) is 15.6. The van der Waals surface area contributed by atoms with E-state index in [1.807, 2.05) is 30.3 Å². The quantitative estimate of drug-likeness (QED) is 0.851. The van der Waals surface area contributed by atoms with Crippen LogP contribution in [0, 0.1) is 5.92 Å². The molecule has 22 heavy (non-hydrogen) atoms. The van der Waals surface area contributed by atoms with Crippen LogP contribution in [-0.4, -0.2) is 28.1 Å². The molecule has 1 saturated heterocycles. The molecule has 0 radical (unpaired) electrons. The van der Waals surface area contributed by atoms with Crippen LogP contribution < -0.4 is 10.0 Å². The molecule has 0 saturated carbocycles. The van der Waals surface area contributed by atoms with E-state index >= 15 is 0 Å². The lowest BCUT2D eigenvalue weighted by Crippen LogP contribution is -2.39. The van der Waals surface area contributed by atoms with Gasteiger partial charge in [-0.3, -0.25) is 0 Å². The van der Waals surface area contributed by atoms with Crippen molar-refractivity contribution >= 4 is 20.8 Å².